The van der Waals surface area contributed by atoms with E-state index in [9.17, 15) is 13.2 Å². The fraction of sp³-hybridized carbons (Fsp3) is 0.200. The maximum atomic E-state index is 12.1. The van der Waals surface area contributed by atoms with Crippen molar-refractivity contribution in [1.29, 1.82) is 0 Å². The first-order chi connectivity index (χ1) is 9.18. The highest BCUT2D eigenvalue weighted by Gasteiger charge is 2.21. The van der Waals surface area contributed by atoms with E-state index in [1.807, 2.05) is 0 Å². The minimum absolute atomic E-state index is 0.127. The smallest absolute Gasteiger partial charge is 0.273 e. The second-order valence-corrected chi connectivity index (χ2v) is 6.14. The van der Waals surface area contributed by atoms with Gasteiger partial charge in [0.2, 0.25) is 10.0 Å². The lowest BCUT2D eigenvalue weighted by Crippen LogP contribution is -2.19. The van der Waals surface area contributed by atoms with Crippen molar-refractivity contribution in [2.75, 3.05) is 5.32 Å². The number of anilines is 1. The Morgan fingerprint density at radius 1 is 1.40 bits per heavy atom. The zero-order valence-corrected chi connectivity index (χ0v) is 12.2. The van der Waals surface area contributed by atoms with Gasteiger partial charge in [0.15, 0.2) is 5.82 Å². The molecule has 2 heterocycles. The van der Waals surface area contributed by atoms with Gasteiger partial charge in [0.05, 0.1) is 5.02 Å². The zero-order valence-electron chi connectivity index (χ0n) is 10.7. The van der Waals surface area contributed by atoms with Crippen LogP contribution in [0.25, 0.3) is 0 Å². The van der Waals surface area contributed by atoms with Crippen LogP contribution in [0.2, 0.25) is 5.02 Å². The summed E-state index contributed by atoms with van der Waals surface area (Å²) in [7, 11) is -0.820. The van der Waals surface area contributed by atoms with Gasteiger partial charge in [-0.25, -0.2) is 13.6 Å². The monoisotopic (exact) mass is 317 g/mol. The van der Waals surface area contributed by atoms with Crippen molar-refractivity contribution in [1.82, 2.24) is 14.3 Å². The number of nitrogens with two attached hydrogens (primary N) is 1. The van der Waals surface area contributed by atoms with E-state index in [0.29, 0.717) is 5.02 Å². The summed E-state index contributed by atoms with van der Waals surface area (Å²) >= 11 is 5.78. The van der Waals surface area contributed by atoms with E-state index < -0.39 is 15.9 Å². The van der Waals surface area contributed by atoms with Crippen molar-refractivity contribution in [2.45, 2.75) is 4.90 Å². The third-order valence-electron chi connectivity index (χ3n) is 2.54. The number of aryl methyl sites for hydroxylation is 2. The number of hydrogen-bond donors (Lipinski definition) is 2. The predicted molar refractivity (Wildman–Crippen MR) is 73.0 cm³/mol. The summed E-state index contributed by atoms with van der Waals surface area (Å²) in [6.45, 7) is 0. The van der Waals surface area contributed by atoms with Gasteiger partial charge in [-0.15, -0.1) is 0 Å². The van der Waals surface area contributed by atoms with Gasteiger partial charge in [-0.2, -0.15) is 5.10 Å². The van der Waals surface area contributed by atoms with Gasteiger partial charge in [0.25, 0.3) is 5.91 Å². The van der Waals surface area contributed by atoms with Crippen molar-refractivity contribution >= 4 is 33.3 Å². The molecule has 0 aliphatic heterocycles. The molecule has 0 saturated heterocycles. The van der Waals surface area contributed by atoms with Crippen molar-refractivity contribution in [3.63, 3.8) is 0 Å². The third kappa shape index (κ3) is 2.84. The van der Waals surface area contributed by atoms with Crippen LogP contribution in [-0.2, 0) is 24.1 Å². The van der Waals surface area contributed by atoms with E-state index in [1.54, 1.807) is 13.2 Å². The van der Waals surface area contributed by atoms with Crippen LogP contribution in [-0.4, -0.2) is 28.7 Å². The number of nitrogens with one attached hydrogen (secondary N) is 1. The molecular weight excluding hydrogens is 306 g/mol. The molecule has 2 rings (SSSR count). The molecule has 108 valence electrons. The molecule has 0 atom stereocenters. The summed E-state index contributed by atoms with van der Waals surface area (Å²) in [5, 5.41) is 11.7. The van der Waals surface area contributed by atoms with Crippen LogP contribution >= 0.6 is 11.6 Å². The van der Waals surface area contributed by atoms with Crippen molar-refractivity contribution in [3.05, 3.63) is 29.2 Å². The Kier molecular flexibility index (Phi) is 3.59. The molecule has 0 saturated carbocycles. The molecule has 8 nitrogen and oxygen atoms in total. The molecule has 0 aliphatic carbocycles. The lowest BCUT2D eigenvalue weighted by molar-refractivity contribution is 0.101. The molecule has 0 radical (unpaired) electrons. The summed E-state index contributed by atoms with van der Waals surface area (Å²) in [5.74, 6) is -0.666. The number of rotatable bonds is 3. The molecule has 1 amide bonds. The summed E-state index contributed by atoms with van der Waals surface area (Å²) < 4.78 is 25.6. The van der Waals surface area contributed by atoms with Crippen LogP contribution in [0.15, 0.2) is 23.4 Å². The number of halogens is 1. The van der Waals surface area contributed by atoms with Crippen LogP contribution in [0, 0.1) is 0 Å². The Morgan fingerprint density at radius 3 is 2.55 bits per heavy atom. The number of hydrogen-bond acceptors (Lipinski definition) is 4. The molecule has 2 aromatic heterocycles. The Bertz CT molecular complexity index is 777. The van der Waals surface area contributed by atoms with E-state index in [4.69, 9.17) is 16.7 Å². The van der Waals surface area contributed by atoms with Crippen LogP contribution in [0.4, 0.5) is 5.82 Å². The van der Waals surface area contributed by atoms with E-state index >= 15 is 0 Å². The number of carbonyl (C=O) groups excluding carboxylic acids is 1. The average molecular weight is 318 g/mol. The molecule has 3 N–H and O–H groups in total. The van der Waals surface area contributed by atoms with Gasteiger partial charge in [-0.3, -0.25) is 9.48 Å². The SMILES string of the molecule is Cn1cc(S(N)(=O)=O)c(NC(=O)c2cc(Cl)cn2C)n1. The van der Waals surface area contributed by atoms with Crippen molar-refractivity contribution in [3.8, 4) is 0 Å². The molecule has 0 spiro atoms. The molecule has 0 fully saturated rings. The third-order valence-corrected chi connectivity index (χ3v) is 3.66. The second kappa shape index (κ2) is 4.93. The number of primary sulfonamides is 1. The van der Waals surface area contributed by atoms with E-state index in [-0.39, 0.29) is 16.4 Å². The van der Waals surface area contributed by atoms with Crippen molar-refractivity contribution < 1.29 is 13.2 Å². The van der Waals surface area contributed by atoms with Crippen LogP contribution < -0.4 is 10.5 Å². The first-order valence-electron chi connectivity index (χ1n) is 5.38. The zero-order chi connectivity index (χ0) is 15.1. The maximum Gasteiger partial charge on any atom is 0.273 e. The summed E-state index contributed by atoms with van der Waals surface area (Å²) in [6.07, 6.45) is 2.76. The van der Waals surface area contributed by atoms with E-state index in [2.05, 4.69) is 10.4 Å². The van der Waals surface area contributed by atoms with Crippen molar-refractivity contribution in [2.24, 2.45) is 19.2 Å². The average Bonchev–Trinajstić information content (AvgIpc) is 2.81. The van der Waals surface area contributed by atoms with Gasteiger partial charge < -0.3 is 9.88 Å². The van der Waals surface area contributed by atoms with E-state index in [1.165, 1.54) is 28.6 Å². The minimum atomic E-state index is -3.98. The van der Waals surface area contributed by atoms with E-state index in [0.717, 1.165) is 0 Å². The van der Waals surface area contributed by atoms with Gasteiger partial charge in [-0.1, -0.05) is 11.6 Å². The highest BCUT2D eigenvalue weighted by Crippen LogP contribution is 2.19. The van der Waals surface area contributed by atoms with Gasteiger partial charge in [-0.05, 0) is 6.07 Å². The molecule has 0 unspecified atom stereocenters. The standard InChI is InChI=1S/C10H12ClN5O3S/c1-15-4-6(11)3-7(15)10(17)13-9-8(20(12,18)19)5-16(2)14-9/h3-5H,1-2H3,(H2,12,18,19)(H,13,14,17). The Morgan fingerprint density at radius 2 is 2.05 bits per heavy atom. The highest BCUT2D eigenvalue weighted by molar-refractivity contribution is 7.89. The highest BCUT2D eigenvalue weighted by atomic mass is 35.5. The van der Waals surface area contributed by atoms with Crippen LogP contribution in [0.1, 0.15) is 10.5 Å². The van der Waals surface area contributed by atoms with Gasteiger partial charge in [0.1, 0.15) is 10.6 Å². The van der Waals surface area contributed by atoms with Gasteiger partial charge >= 0.3 is 0 Å². The number of carbonyl (C=O) groups is 1. The summed E-state index contributed by atoms with van der Waals surface area (Å²) in [5.41, 5.74) is 0.265. The topological polar surface area (TPSA) is 112 Å². The van der Waals surface area contributed by atoms with Crippen LogP contribution in [0.3, 0.4) is 0 Å². The Hall–Kier alpha value is -1.84. The number of aromatic nitrogens is 3. The predicted octanol–water partition coefficient (Wildman–Crippen LogP) is 0.312. The lowest BCUT2D eigenvalue weighted by Gasteiger charge is -2.04. The molecule has 10 heteroatoms. The first kappa shape index (κ1) is 14.6. The van der Waals surface area contributed by atoms with Crippen LogP contribution in [0.5, 0.6) is 0 Å². The first-order valence-corrected chi connectivity index (χ1v) is 7.30. The number of amides is 1. The fourth-order valence-corrected chi connectivity index (χ4v) is 2.59. The molecule has 20 heavy (non-hydrogen) atoms. The Balaban J connectivity index is 2.36. The molecule has 0 aromatic carbocycles. The largest absolute Gasteiger partial charge is 0.345 e. The molecule has 0 aliphatic rings. The number of nitrogens with zero attached hydrogens (tertiary/aromatic N) is 3. The lowest BCUT2D eigenvalue weighted by atomic mass is 10.4. The molecular formula is C10H12ClN5O3S. The van der Waals surface area contributed by atoms with Gasteiger partial charge in [0, 0.05) is 26.5 Å². The molecule has 2 aromatic rings. The fourth-order valence-electron chi connectivity index (χ4n) is 1.68. The Labute approximate surface area is 120 Å². The normalized spacial score (nSPS) is 11.6. The molecule has 0 bridgehead atoms. The minimum Gasteiger partial charge on any atom is -0.345 e. The maximum absolute atomic E-state index is 12.1. The number of sulfonamides is 1. The second-order valence-electron chi connectivity index (χ2n) is 4.17. The quantitative estimate of drug-likeness (QED) is 0.848. The summed E-state index contributed by atoms with van der Waals surface area (Å²) in [4.78, 5) is 11.8. The summed E-state index contributed by atoms with van der Waals surface area (Å²) in [6, 6.07) is 1.45.